The van der Waals surface area contributed by atoms with Gasteiger partial charge in [-0.25, -0.2) is 4.79 Å². The maximum absolute atomic E-state index is 12.1. The number of halogens is 1. The molecule has 2 aromatic carbocycles. The van der Waals surface area contributed by atoms with Gasteiger partial charge in [0.15, 0.2) is 0 Å². The van der Waals surface area contributed by atoms with Crippen LogP contribution >= 0.6 is 11.6 Å². The first-order valence-electron chi connectivity index (χ1n) is 8.11. The van der Waals surface area contributed by atoms with E-state index in [-0.39, 0.29) is 6.03 Å². The summed E-state index contributed by atoms with van der Waals surface area (Å²) < 4.78 is 16.1. The summed E-state index contributed by atoms with van der Waals surface area (Å²) in [6.45, 7) is 4.73. The fraction of sp³-hybridized carbons (Fsp3) is 0.316. The molecule has 7 heteroatoms. The molecule has 2 amide bonds. The molecule has 0 atom stereocenters. The van der Waals surface area contributed by atoms with E-state index in [1.165, 1.54) is 19.8 Å². The number of benzene rings is 2. The van der Waals surface area contributed by atoms with Crippen LogP contribution in [-0.2, 0) is 0 Å². The highest BCUT2D eigenvalue weighted by Gasteiger charge is 2.12. The highest BCUT2D eigenvalue weighted by molar-refractivity contribution is 6.32. The van der Waals surface area contributed by atoms with E-state index in [9.17, 15) is 4.79 Å². The molecule has 0 radical (unpaired) electrons. The summed E-state index contributed by atoms with van der Waals surface area (Å²) in [5.74, 6) is 1.69. The molecule has 0 heterocycles. The Hall–Kier alpha value is -2.60. The van der Waals surface area contributed by atoms with Crippen LogP contribution in [0.2, 0.25) is 5.02 Å². The second-order valence-corrected chi connectivity index (χ2v) is 6.09. The Morgan fingerprint density at radius 3 is 2.42 bits per heavy atom. The molecule has 0 aliphatic carbocycles. The first-order chi connectivity index (χ1) is 12.4. The van der Waals surface area contributed by atoms with Crippen molar-refractivity contribution in [3.8, 4) is 17.2 Å². The number of rotatable bonds is 7. The van der Waals surface area contributed by atoms with Gasteiger partial charge >= 0.3 is 6.03 Å². The maximum atomic E-state index is 12.1. The number of methoxy groups -OCH3 is 2. The summed E-state index contributed by atoms with van der Waals surface area (Å²) in [5.41, 5.74) is 2.70. The minimum absolute atomic E-state index is 0.353. The van der Waals surface area contributed by atoms with Gasteiger partial charge in [0.1, 0.15) is 23.9 Å². The monoisotopic (exact) mass is 378 g/mol. The molecule has 26 heavy (non-hydrogen) atoms. The Morgan fingerprint density at radius 1 is 1.04 bits per heavy atom. The van der Waals surface area contributed by atoms with Crippen molar-refractivity contribution in [2.75, 3.05) is 32.7 Å². The van der Waals surface area contributed by atoms with Crippen LogP contribution in [0.1, 0.15) is 11.1 Å². The zero-order valence-electron chi connectivity index (χ0n) is 15.3. The average molecular weight is 379 g/mol. The van der Waals surface area contributed by atoms with E-state index < -0.39 is 0 Å². The lowest BCUT2D eigenvalue weighted by atomic mass is 10.1. The molecular formula is C19H23ClN2O4. The van der Waals surface area contributed by atoms with Crippen molar-refractivity contribution in [3.63, 3.8) is 0 Å². The van der Waals surface area contributed by atoms with Crippen molar-refractivity contribution in [1.29, 1.82) is 0 Å². The normalized spacial score (nSPS) is 10.2. The summed E-state index contributed by atoms with van der Waals surface area (Å²) >= 11 is 6.05. The fourth-order valence-electron chi connectivity index (χ4n) is 2.41. The van der Waals surface area contributed by atoms with Crippen molar-refractivity contribution >= 4 is 23.3 Å². The van der Waals surface area contributed by atoms with Gasteiger partial charge in [0.2, 0.25) is 0 Å². The van der Waals surface area contributed by atoms with Crippen molar-refractivity contribution in [3.05, 3.63) is 46.5 Å². The van der Waals surface area contributed by atoms with Crippen LogP contribution in [0, 0.1) is 13.8 Å². The van der Waals surface area contributed by atoms with E-state index in [0.717, 1.165) is 11.3 Å². The van der Waals surface area contributed by atoms with E-state index >= 15 is 0 Å². The van der Waals surface area contributed by atoms with Crippen molar-refractivity contribution in [2.45, 2.75) is 13.8 Å². The first kappa shape index (κ1) is 19.7. The number of hydrogen-bond donors (Lipinski definition) is 2. The number of aryl methyl sites for hydroxylation is 2. The topological polar surface area (TPSA) is 68.8 Å². The molecule has 0 fully saturated rings. The number of hydrogen-bond acceptors (Lipinski definition) is 4. The minimum atomic E-state index is -0.378. The highest BCUT2D eigenvalue weighted by atomic mass is 35.5. The van der Waals surface area contributed by atoms with Crippen molar-refractivity contribution in [2.24, 2.45) is 0 Å². The molecule has 140 valence electrons. The lowest BCUT2D eigenvalue weighted by Crippen LogP contribution is -2.32. The van der Waals surface area contributed by atoms with E-state index in [2.05, 4.69) is 16.7 Å². The van der Waals surface area contributed by atoms with Gasteiger partial charge in [0, 0.05) is 12.1 Å². The number of urea groups is 1. The van der Waals surface area contributed by atoms with Crippen LogP contribution in [0.25, 0.3) is 0 Å². The Kier molecular flexibility index (Phi) is 6.97. The zero-order chi connectivity index (χ0) is 19.1. The highest BCUT2D eigenvalue weighted by Crippen LogP contribution is 2.35. The summed E-state index contributed by atoms with van der Waals surface area (Å²) in [5, 5.41) is 5.84. The van der Waals surface area contributed by atoms with Gasteiger partial charge in [-0.3, -0.25) is 0 Å². The number of ether oxygens (including phenoxy) is 3. The maximum Gasteiger partial charge on any atom is 0.319 e. The Bertz CT molecular complexity index is 780. The second-order valence-electron chi connectivity index (χ2n) is 5.69. The third-order valence-electron chi connectivity index (χ3n) is 3.70. The molecule has 0 bridgehead atoms. The molecule has 0 saturated carbocycles. The molecule has 2 aromatic rings. The van der Waals surface area contributed by atoms with Gasteiger partial charge in [0.25, 0.3) is 0 Å². The van der Waals surface area contributed by atoms with Gasteiger partial charge in [0.05, 0.1) is 31.5 Å². The molecule has 0 aromatic heterocycles. The Balaban J connectivity index is 1.87. The first-order valence-corrected chi connectivity index (χ1v) is 8.48. The van der Waals surface area contributed by atoms with Gasteiger partial charge < -0.3 is 24.8 Å². The number of carbonyl (C=O) groups is 1. The van der Waals surface area contributed by atoms with Crippen LogP contribution in [0.5, 0.6) is 17.2 Å². The number of amides is 2. The van der Waals surface area contributed by atoms with Crippen LogP contribution in [-0.4, -0.2) is 33.4 Å². The minimum Gasteiger partial charge on any atom is -0.495 e. The summed E-state index contributed by atoms with van der Waals surface area (Å²) in [7, 11) is 3.00. The van der Waals surface area contributed by atoms with Crippen LogP contribution in [0.3, 0.4) is 0 Å². The zero-order valence-corrected chi connectivity index (χ0v) is 16.1. The second kappa shape index (κ2) is 9.20. The molecule has 2 rings (SSSR count). The molecule has 0 aliphatic heterocycles. The predicted octanol–water partition coefficient (Wildman–Crippen LogP) is 4.17. The molecule has 0 spiro atoms. The van der Waals surface area contributed by atoms with Crippen LogP contribution in [0.4, 0.5) is 10.5 Å². The van der Waals surface area contributed by atoms with Gasteiger partial charge in [-0.1, -0.05) is 29.3 Å². The van der Waals surface area contributed by atoms with Gasteiger partial charge in [-0.2, -0.15) is 0 Å². The van der Waals surface area contributed by atoms with E-state index in [4.69, 9.17) is 25.8 Å². The van der Waals surface area contributed by atoms with Crippen LogP contribution in [0.15, 0.2) is 30.3 Å². The third kappa shape index (κ3) is 5.20. The lowest BCUT2D eigenvalue weighted by molar-refractivity contribution is 0.247. The SMILES string of the molecule is COc1cc(NC(=O)NCCOc2ccc(C)cc2C)c(OC)cc1Cl. The van der Waals surface area contributed by atoms with Crippen LogP contribution < -0.4 is 24.8 Å². The largest absolute Gasteiger partial charge is 0.495 e. The van der Waals surface area contributed by atoms with E-state index in [1.807, 2.05) is 26.0 Å². The molecule has 0 aliphatic rings. The Morgan fingerprint density at radius 2 is 1.77 bits per heavy atom. The predicted molar refractivity (Wildman–Crippen MR) is 103 cm³/mol. The smallest absolute Gasteiger partial charge is 0.319 e. The average Bonchev–Trinajstić information content (AvgIpc) is 2.61. The fourth-order valence-corrected chi connectivity index (χ4v) is 2.64. The Labute approximate surface area is 158 Å². The molecular weight excluding hydrogens is 356 g/mol. The van der Waals surface area contributed by atoms with Crippen molar-refractivity contribution < 1.29 is 19.0 Å². The van der Waals surface area contributed by atoms with Gasteiger partial charge in [-0.05, 0) is 25.5 Å². The molecule has 6 nitrogen and oxygen atoms in total. The van der Waals surface area contributed by atoms with E-state index in [1.54, 1.807) is 12.1 Å². The summed E-state index contributed by atoms with van der Waals surface area (Å²) in [4.78, 5) is 12.1. The molecule has 0 saturated heterocycles. The lowest BCUT2D eigenvalue weighted by Gasteiger charge is -2.14. The molecule has 2 N–H and O–H groups in total. The number of anilines is 1. The molecule has 0 unspecified atom stereocenters. The third-order valence-corrected chi connectivity index (χ3v) is 3.99. The van der Waals surface area contributed by atoms with Gasteiger partial charge in [-0.15, -0.1) is 0 Å². The quantitative estimate of drug-likeness (QED) is 0.709. The number of carbonyl (C=O) groups excluding carboxylic acids is 1. The van der Waals surface area contributed by atoms with E-state index in [0.29, 0.717) is 35.4 Å². The van der Waals surface area contributed by atoms with Crippen molar-refractivity contribution in [1.82, 2.24) is 5.32 Å². The number of nitrogens with one attached hydrogen (secondary N) is 2. The standard InChI is InChI=1S/C19H23ClN2O4/c1-12-5-6-16(13(2)9-12)26-8-7-21-19(23)22-15-11-17(24-3)14(20)10-18(15)25-4/h5-6,9-11H,7-8H2,1-4H3,(H2,21,22,23). The summed E-state index contributed by atoms with van der Waals surface area (Å²) in [6.07, 6.45) is 0. The summed E-state index contributed by atoms with van der Waals surface area (Å²) in [6, 6.07) is 8.78.